The molecule has 0 saturated heterocycles. The Balaban J connectivity index is 1.43. The van der Waals surface area contributed by atoms with Gasteiger partial charge >= 0.3 is 0 Å². The standard InChI is InChI=1S/C38H21NOS/c40-37-26-13-2-1-10-22(26)25-15-9-19-32-35(25)39(37)36-33(41-32)21-20-31-34(36)27-14-5-8-18-30(27)38(31)28-16-6-3-11-23(28)24-12-4-7-17-29(24)38/h1-21H. The molecule has 0 fully saturated rings. The fourth-order valence-electron chi connectivity index (χ4n) is 7.96. The summed E-state index contributed by atoms with van der Waals surface area (Å²) in [5.41, 5.74) is 11.7. The Kier molecular flexibility index (Phi) is 3.98. The molecule has 7 aromatic rings. The highest BCUT2D eigenvalue weighted by Crippen LogP contribution is 2.64. The molecule has 0 amide bonds. The third-order valence-corrected chi connectivity index (χ3v) is 10.5. The van der Waals surface area contributed by atoms with Crippen molar-refractivity contribution in [3.63, 3.8) is 0 Å². The SMILES string of the molecule is O=c1c2ccccc2c2cccc3c2n1-c1c(ccc2c1-c1ccccc1C21c2ccccc2-c2ccccc21)S3. The first-order valence-electron chi connectivity index (χ1n) is 14.0. The van der Waals surface area contributed by atoms with Crippen LogP contribution in [0, 0.1) is 0 Å². The molecule has 0 N–H and O–H groups in total. The van der Waals surface area contributed by atoms with Crippen molar-refractivity contribution < 1.29 is 0 Å². The van der Waals surface area contributed by atoms with E-state index in [0.717, 1.165) is 37.2 Å². The maximum Gasteiger partial charge on any atom is 0.263 e. The number of benzene rings is 6. The van der Waals surface area contributed by atoms with E-state index in [4.69, 9.17) is 0 Å². The van der Waals surface area contributed by atoms with Crippen LogP contribution in [0.5, 0.6) is 0 Å². The van der Waals surface area contributed by atoms with Crippen LogP contribution in [0.1, 0.15) is 22.3 Å². The van der Waals surface area contributed by atoms with Gasteiger partial charge in [0, 0.05) is 26.1 Å². The van der Waals surface area contributed by atoms with E-state index in [1.165, 1.54) is 44.5 Å². The molecule has 41 heavy (non-hydrogen) atoms. The second kappa shape index (κ2) is 7.45. The fourth-order valence-corrected chi connectivity index (χ4v) is 9.07. The van der Waals surface area contributed by atoms with Crippen molar-refractivity contribution >= 4 is 33.4 Å². The maximum absolute atomic E-state index is 14.5. The van der Waals surface area contributed by atoms with Crippen LogP contribution in [-0.4, -0.2) is 4.57 Å². The number of pyridine rings is 1. The molecule has 2 nitrogen and oxygen atoms in total. The van der Waals surface area contributed by atoms with Gasteiger partial charge in [0.05, 0.1) is 16.6 Å². The van der Waals surface area contributed by atoms with Crippen molar-refractivity contribution in [2.24, 2.45) is 0 Å². The number of rotatable bonds is 0. The van der Waals surface area contributed by atoms with Crippen LogP contribution in [0.4, 0.5) is 0 Å². The Bertz CT molecular complexity index is 2330. The molecule has 2 heterocycles. The number of hydrogen-bond donors (Lipinski definition) is 0. The van der Waals surface area contributed by atoms with Gasteiger partial charge in [-0.2, -0.15) is 0 Å². The second-order valence-corrected chi connectivity index (χ2v) is 12.2. The Hall–Kier alpha value is -4.86. The lowest BCUT2D eigenvalue weighted by Gasteiger charge is -2.31. The zero-order chi connectivity index (χ0) is 26.9. The van der Waals surface area contributed by atoms with Gasteiger partial charge in [0.1, 0.15) is 0 Å². The summed E-state index contributed by atoms with van der Waals surface area (Å²) >= 11 is 1.78. The summed E-state index contributed by atoms with van der Waals surface area (Å²) in [4.78, 5) is 16.7. The predicted octanol–water partition coefficient (Wildman–Crippen LogP) is 8.95. The molecule has 0 atom stereocenters. The number of nitrogens with zero attached hydrogens (tertiary/aromatic N) is 1. The third-order valence-electron chi connectivity index (χ3n) is 9.41. The third kappa shape index (κ3) is 2.43. The van der Waals surface area contributed by atoms with Gasteiger partial charge in [-0.15, -0.1) is 0 Å². The highest BCUT2D eigenvalue weighted by molar-refractivity contribution is 7.99. The van der Waals surface area contributed by atoms with Crippen molar-refractivity contribution in [1.82, 2.24) is 4.57 Å². The fraction of sp³-hybridized carbons (Fsp3) is 0.0263. The first-order chi connectivity index (χ1) is 20.3. The van der Waals surface area contributed by atoms with Gasteiger partial charge in [0.25, 0.3) is 5.56 Å². The highest BCUT2D eigenvalue weighted by Gasteiger charge is 2.52. The van der Waals surface area contributed by atoms with Gasteiger partial charge in [-0.3, -0.25) is 9.36 Å². The van der Waals surface area contributed by atoms with Gasteiger partial charge < -0.3 is 0 Å². The smallest absolute Gasteiger partial charge is 0.263 e. The summed E-state index contributed by atoms with van der Waals surface area (Å²) in [6, 6.07) is 45.6. The Morgan fingerprint density at radius 1 is 0.488 bits per heavy atom. The van der Waals surface area contributed by atoms with E-state index in [1.54, 1.807) is 11.8 Å². The van der Waals surface area contributed by atoms with Crippen molar-refractivity contribution in [1.29, 1.82) is 0 Å². The molecule has 3 aliphatic rings. The molecule has 3 heteroatoms. The lowest BCUT2D eigenvalue weighted by atomic mass is 9.70. The minimum absolute atomic E-state index is 0.0427. The minimum atomic E-state index is -0.435. The van der Waals surface area contributed by atoms with Crippen molar-refractivity contribution in [2.45, 2.75) is 15.2 Å². The maximum atomic E-state index is 14.5. The van der Waals surface area contributed by atoms with Gasteiger partial charge in [0.2, 0.25) is 0 Å². The molecule has 6 aromatic carbocycles. The molecule has 2 aliphatic carbocycles. The summed E-state index contributed by atoms with van der Waals surface area (Å²) < 4.78 is 2.03. The first kappa shape index (κ1) is 21.9. The number of aromatic nitrogens is 1. The van der Waals surface area contributed by atoms with E-state index in [9.17, 15) is 4.79 Å². The topological polar surface area (TPSA) is 22.0 Å². The highest BCUT2D eigenvalue weighted by atomic mass is 32.2. The van der Waals surface area contributed by atoms with Crippen LogP contribution >= 0.6 is 11.8 Å². The molecule has 1 spiro atoms. The minimum Gasteiger partial charge on any atom is -0.273 e. The average molecular weight is 540 g/mol. The van der Waals surface area contributed by atoms with E-state index in [2.05, 4.69) is 109 Å². The van der Waals surface area contributed by atoms with E-state index >= 15 is 0 Å². The Labute approximate surface area is 240 Å². The number of para-hydroxylation sites is 1. The Morgan fingerprint density at radius 3 is 1.80 bits per heavy atom. The Morgan fingerprint density at radius 2 is 1.07 bits per heavy atom. The van der Waals surface area contributed by atoms with Crippen molar-refractivity contribution in [3.8, 4) is 27.9 Å². The summed E-state index contributed by atoms with van der Waals surface area (Å²) in [6.45, 7) is 0. The molecular weight excluding hydrogens is 518 g/mol. The van der Waals surface area contributed by atoms with E-state index in [0.29, 0.717) is 0 Å². The van der Waals surface area contributed by atoms with Gasteiger partial charge in [-0.1, -0.05) is 121 Å². The second-order valence-electron chi connectivity index (χ2n) is 11.2. The summed E-state index contributed by atoms with van der Waals surface area (Å²) in [6.07, 6.45) is 0. The average Bonchev–Trinajstić information content (AvgIpc) is 3.50. The first-order valence-corrected chi connectivity index (χ1v) is 14.8. The zero-order valence-electron chi connectivity index (χ0n) is 21.9. The molecule has 190 valence electrons. The molecule has 0 saturated carbocycles. The van der Waals surface area contributed by atoms with Crippen LogP contribution < -0.4 is 5.56 Å². The number of hydrogen-bond acceptors (Lipinski definition) is 2. The largest absolute Gasteiger partial charge is 0.273 e. The van der Waals surface area contributed by atoms with E-state index < -0.39 is 5.41 Å². The van der Waals surface area contributed by atoms with Crippen LogP contribution in [-0.2, 0) is 5.41 Å². The van der Waals surface area contributed by atoms with Crippen molar-refractivity contribution in [3.05, 3.63) is 160 Å². The van der Waals surface area contributed by atoms with Gasteiger partial charge in [0.15, 0.2) is 0 Å². The van der Waals surface area contributed by atoms with Crippen LogP contribution in [0.25, 0.3) is 49.6 Å². The van der Waals surface area contributed by atoms with Gasteiger partial charge in [-0.05, 0) is 62.5 Å². The summed E-state index contributed by atoms with van der Waals surface area (Å²) in [5, 5.41) is 2.88. The number of fused-ring (bicyclic) bond motifs is 15. The normalized spacial score (nSPS) is 14.5. The lowest BCUT2D eigenvalue weighted by molar-refractivity contribution is 0.791. The predicted molar refractivity (Wildman–Crippen MR) is 167 cm³/mol. The summed E-state index contributed by atoms with van der Waals surface area (Å²) in [5.74, 6) is 0. The summed E-state index contributed by atoms with van der Waals surface area (Å²) in [7, 11) is 0. The van der Waals surface area contributed by atoms with Crippen molar-refractivity contribution in [2.75, 3.05) is 0 Å². The molecule has 10 rings (SSSR count). The molecule has 0 bridgehead atoms. The molecule has 0 radical (unpaired) electrons. The van der Waals surface area contributed by atoms with Gasteiger partial charge in [-0.25, -0.2) is 0 Å². The van der Waals surface area contributed by atoms with Crippen LogP contribution in [0.3, 0.4) is 0 Å². The lowest BCUT2D eigenvalue weighted by Crippen LogP contribution is -2.26. The van der Waals surface area contributed by atoms with E-state index in [-0.39, 0.29) is 5.56 Å². The molecule has 0 unspecified atom stereocenters. The van der Waals surface area contributed by atoms with Crippen LogP contribution in [0.2, 0.25) is 0 Å². The molecule has 1 aliphatic heterocycles. The molecule has 1 aromatic heterocycles. The van der Waals surface area contributed by atoms with Crippen LogP contribution in [0.15, 0.2) is 142 Å². The molecular formula is C38H21NOS. The zero-order valence-corrected chi connectivity index (χ0v) is 22.7. The quantitative estimate of drug-likeness (QED) is 0.179. The van der Waals surface area contributed by atoms with E-state index in [1.807, 2.05) is 22.8 Å². The monoisotopic (exact) mass is 539 g/mol.